The van der Waals surface area contributed by atoms with Crippen molar-refractivity contribution in [2.24, 2.45) is 0 Å². The molecule has 31 heavy (non-hydrogen) atoms. The number of hydrogen-bond acceptors (Lipinski definition) is 6. The van der Waals surface area contributed by atoms with E-state index in [4.69, 9.17) is 14.2 Å². The third-order valence-corrected chi connectivity index (χ3v) is 5.27. The summed E-state index contributed by atoms with van der Waals surface area (Å²) in [4.78, 5) is 37.1. The average Bonchev–Trinajstić information content (AvgIpc) is 2.73. The van der Waals surface area contributed by atoms with Crippen LogP contribution in [0.5, 0.6) is 11.5 Å². The molecule has 0 saturated heterocycles. The van der Waals surface area contributed by atoms with Crippen LogP contribution >= 0.6 is 15.9 Å². The van der Waals surface area contributed by atoms with Gasteiger partial charge in [-0.3, -0.25) is 0 Å². The molecule has 1 aliphatic rings. The van der Waals surface area contributed by atoms with Crippen LogP contribution in [0.3, 0.4) is 0 Å². The van der Waals surface area contributed by atoms with Crippen LogP contribution in [0.1, 0.15) is 35.8 Å². The topological polar surface area (TPSA) is 103 Å². The number of nitrogens with one attached hydrogen (secondary N) is 2. The number of methoxy groups -OCH3 is 1. The molecular weight excluding hydrogens is 468 g/mol. The summed E-state index contributed by atoms with van der Waals surface area (Å²) in [6, 6.07) is 10.5. The number of urea groups is 1. The lowest BCUT2D eigenvalue weighted by molar-refractivity contribution is -0.139. The third-order valence-electron chi connectivity index (χ3n) is 4.58. The van der Waals surface area contributed by atoms with E-state index in [1.54, 1.807) is 56.3 Å². The standard InChI is InChI=1S/C22H21BrN2O6/c1-4-30-21(27)18-12(2)24-22(28)25-19(18)13-9-10-16(17(11-13)29-3)31-20(26)14-7-5-6-8-15(14)23/h5-11,19H,4H2,1-3H3,(H2,24,25,28)/t19-/m0/s1. The van der Waals surface area contributed by atoms with Crippen LogP contribution in [-0.2, 0) is 9.53 Å². The van der Waals surface area contributed by atoms with Crippen LogP contribution in [0.25, 0.3) is 0 Å². The van der Waals surface area contributed by atoms with Gasteiger partial charge in [0.25, 0.3) is 0 Å². The number of allylic oxidation sites excluding steroid dienone is 1. The molecule has 0 radical (unpaired) electrons. The Morgan fingerprint density at radius 1 is 1.10 bits per heavy atom. The van der Waals surface area contributed by atoms with Gasteiger partial charge in [-0.15, -0.1) is 0 Å². The summed E-state index contributed by atoms with van der Waals surface area (Å²) < 4.78 is 16.6. The Balaban J connectivity index is 1.94. The Morgan fingerprint density at radius 3 is 2.52 bits per heavy atom. The lowest BCUT2D eigenvalue weighted by atomic mass is 9.95. The SMILES string of the molecule is CCOC(=O)C1=C(C)NC(=O)N[C@H]1c1ccc(OC(=O)c2ccccc2Br)c(OC)c1. The molecule has 1 atom stereocenters. The predicted octanol–water partition coefficient (Wildman–Crippen LogP) is 3.87. The molecule has 2 N–H and O–H groups in total. The molecule has 9 heteroatoms. The van der Waals surface area contributed by atoms with Gasteiger partial charge in [0.1, 0.15) is 0 Å². The Labute approximate surface area is 187 Å². The Kier molecular flexibility index (Phi) is 6.96. The maximum absolute atomic E-state index is 12.5. The second kappa shape index (κ2) is 9.65. The van der Waals surface area contributed by atoms with Crippen LogP contribution in [0.15, 0.2) is 58.2 Å². The first kappa shape index (κ1) is 22.4. The molecule has 162 valence electrons. The predicted molar refractivity (Wildman–Crippen MR) is 116 cm³/mol. The van der Waals surface area contributed by atoms with E-state index in [2.05, 4.69) is 26.6 Å². The second-order valence-electron chi connectivity index (χ2n) is 6.57. The van der Waals surface area contributed by atoms with E-state index >= 15 is 0 Å². The van der Waals surface area contributed by atoms with Crippen LogP contribution in [0.4, 0.5) is 4.79 Å². The molecule has 1 heterocycles. The summed E-state index contributed by atoms with van der Waals surface area (Å²) in [5.41, 5.74) is 1.61. The minimum Gasteiger partial charge on any atom is -0.493 e. The van der Waals surface area contributed by atoms with Gasteiger partial charge in [-0.2, -0.15) is 0 Å². The van der Waals surface area contributed by atoms with Crippen molar-refractivity contribution in [1.29, 1.82) is 0 Å². The number of carbonyl (C=O) groups excluding carboxylic acids is 3. The number of carbonyl (C=O) groups is 3. The first-order valence-corrected chi connectivity index (χ1v) is 10.2. The van der Waals surface area contributed by atoms with Gasteiger partial charge in [0.15, 0.2) is 11.5 Å². The zero-order valence-electron chi connectivity index (χ0n) is 17.2. The first-order valence-electron chi connectivity index (χ1n) is 9.45. The van der Waals surface area contributed by atoms with E-state index in [9.17, 15) is 14.4 Å². The molecule has 1 aliphatic heterocycles. The lowest BCUT2D eigenvalue weighted by Crippen LogP contribution is -2.45. The maximum atomic E-state index is 12.5. The van der Waals surface area contributed by atoms with Crippen LogP contribution in [-0.4, -0.2) is 31.7 Å². The number of benzene rings is 2. The molecule has 0 aliphatic carbocycles. The summed E-state index contributed by atoms with van der Waals surface area (Å²) >= 11 is 3.33. The second-order valence-corrected chi connectivity index (χ2v) is 7.42. The van der Waals surface area contributed by atoms with Gasteiger partial charge in [-0.05, 0) is 59.6 Å². The van der Waals surface area contributed by atoms with Gasteiger partial charge in [-0.25, -0.2) is 14.4 Å². The number of ether oxygens (including phenoxy) is 3. The van der Waals surface area contributed by atoms with Crippen LogP contribution in [0.2, 0.25) is 0 Å². The van der Waals surface area contributed by atoms with Gasteiger partial charge < -0.3 is 24.8 Å². The zero-order valence-corrected chi connectivity index (χ0v) is 18.7. The summed E-state index contributed by atoms with van der Waals surface area (Å²) in [6.07, 6.45) is 0. The van der Waals surface area contributed by atoms with Crippen molar-refractivity contribution in [1.82, 2.24) is 10.6 Å². The highest BCUT2D eigenvalue weighted by Gasteiger charge is 2.32. The van der Waals surface area contributed by atoms with Gasteiger partial charge >= 0.3 is 18.0 Å². The van der Waals surface area contributed by atoms with E-state index < -0.39 is 24.0 Å². The van der Waals surface area contributed by atoms with Crippen LogP contribution in [0, 0.1) is 0 Å². The van der Waals surface area contributed by atoms with Gasteiger partial charge in [0.2, 0.25) is 0 Å². The monoisotopic (exact) mass is 488 g/mol. The molecule has 8 nitrogen and oxygen atoms in total. The summed E-state index contributed by atoms with van der Waals surface area (Å²) in [5, 5.41) is 5.30. The van der Waals surface area contributed by atoms with Crippen LogP contribution < -0.4 is 20.1 Å². The minimum absolute atomic E-state index is 0.198. The molecule has 0 aromatic heterocycles. The van der Waals surface area contributed by atoms with Gasteiger partial charge in [-0.1, -0.05) is 18.2 Å². The first-order chi connectivity index (χ1) is 14.8. The van der Waals surface area contributed by atoms with Crippen molar-refractivity contribution in [2.75, 3.05) is 13.7 Å². The Morgan fingerprint density at radius 2 is 1.84 bits per heavy atom. The molecule has 2 aromatic carbocycles. The quantitative estimate of drug-likeness (QED) is 0.472. The number of hydrogen-bond donors (Lipinski definition) is 2. The molecule has 0 fully saturated rings. The molecule has 2 amide bonds. The zero-order chi connectivity index (χ0) is 22.5. The molecule has 0 bridgehead atoms. The molecule has 2 aromatic rings. The summed E-state index contributed by atoms with van der Waals surface area (Å²) in [6.45, 7) is 3.53. The number of halogens is 1. The minimum atomic E-state index is -0.755. The van der Waals surface area contributed by atoms with Crippen molar-refractivity contribution in [2.45, 2.75) is 19.9 Å². The normalized spacial score (nSPS) is 15.6. The van der Waals surface area contributed by atoms with E-state index in [0.29, 0.717) is 21.3 Å². The van der Waals surface area contributed by atoms with E-state index in [1.807, 2.05) is 0 Å². The molecule has 0 unspecified atom stereocenters. The van der Waals surface area contributed by atoms with E-state index in [0.717, 1.165) is 0 Å². The fourth-order valence-corrected chi connectivity index (χ4v) is 3.60. The fraction of sp³-hybridized carbons (Fsp3) is 0.227. The fourth-order valence-electron chi connectivity index (χ4n) is 3.15. The number of amides is 2. The van der Waals surface area contributed by atoms with E-state index in [-0.39, 0.29) is 23.7 Å². The van der Waals surface area contributed by atoms with Crippen molar-refractivity contribution < 1.29 is 28.6 Å². The Bertz CT molecular complexity index is 1070. The third kappa shape index (κ3) is 4.88. The highest BCUT2D eigenvalue weighted by molar-refractivity contribution is 9.10. The highest BCUT2D eigenvalue weighted by atomic mass is 79.9. The van der Waals surface area contributed by atoms with Crippen molar-refractivity contribution in [3.63, 3.8) is 0 Å². The van der Waals surface area contributed by atoms with Crippen molar-refractivity contribution in [3.05, 3.63) is 69.3 Å². The Hall–Kier alpha value is -3.33. The molecule has 0 spiro atoms. The number of esters is 2. The van der Waals surface area contributed by atoms with Crippen molar-refractivity contribution in [3.8, 4) is 11.5 Å². The van der Waals surface area contributed by atoms with E-state index in [1.165, 1.54) is 7.11 Å². The lowest BCUT2D eigenvalue weighted by Gasteiger charge is -2.28. The average molecular weight is 489 g/mol. The highest BCUT2D eigenvalue weighted by Crippen LogP contribution is 2.35. The smallest absolute Gasteiger partial charge is 0.344 e. The number of rotatable bonds is 6. The maximum Gasteiger partial charge on any atom is 0.344 e. The molecular formula is C22H21BrN2O6. The molecule has 0 saturated carbocycles. The largest absolute Gasteiger partial charge is 0.493 e. The summed E-state index contributed by atoms with van der Waals surface area (Å²) in [5.74, 6) is -0.630. The van der Waals surface area contributed by atoms with Gasteiger partial charge in [0.05, 0.1) is 30.9 Å². The summed E-state index contributed by atoms with van der Waals surface area (Å²) in [7, 11) is 1.43. The van der Waals surface area contributed by atoms with Crippen molar-refractivity contribution >= 4 is 33.9 Å². The molecule has 3 rings (SSSR count). The van der Waals surface area contributed by atoms with Gasteiger partial charge in [0, 0.05) is 10.2 Å².